The van der Waals surface area contributed by atoms with Gasteiger partial charge in [0.05, 0.1) is 4.47 Å². The number of amides is 1. The van der Waals surface area contributed by atoms with Crippen molar-refractivity contribution in [3.05, 3.63) is 28.0 Å². The molecule has 3 N–H and O–H groups in total. The van der Waals surface area contributed by atoms with Crippen LogP contribution in [-0.4, -0.2) is 11.9 Å². The van der Waals surface area contributed by atoms with Crippen LogP contribution in [0.4, 0.5) is 10.1 Å². The lowest BCUT2D eigenvalue weighted by Gasteiger charge is -2.26. The van der Waals surface area contributed by atoms with Crippen LogP contribution in [0.5, 0.6) is 0 Å². The molecule has 1 amide bonds. The minimum Gasteiger partial charge on any atom is -0.327 e. The highest BCUT2D eigenvalue weighted by molar-refractivity contribution is 9.10. The molecule has 19 heavy (non-hydrogen) atoms. The molecule has 1 aromatic rings. The first-order chi connectivity index (χ1) is 8.61. The van der Waals surface area contributed by atoms with E-state index in [1.54, 1.807) is 13.0 Å². The topological polar surface area (TPSA) is 55.1 Å². The van der Waals surface area contributed by atoms with Gasteiger partial charge in [0.15, 0.2) is 0 Å². The van der Waals surface area contributed by atoms with Gasteiger partial charge in [-0.15, -0.1) is 0 Å². The Morgan fingerprint density at radius 2 is 2.05 bits per heavy atom. The van der Waals surface area contributed by atoms with Crippen LogP contribution >= 0.6 is 15.9 Å². The molecule has 0 heterocycles. The maximum Gasteiger partial charge on any atom is 0.225 e. The molecule has 0 aliphatic carbocycles. The summed E-state index contributed by atoms with van der Waals surface area (Å²) < 4.78 is 13.6. The van der Waals surface area contributed by atoms with Crippen molar-refractivity contribution in [3.8, 4) is 0 Å². The second-order valence-corrected chi connectivity index (χ2v) is 6.66. The Morgan fingerprint density at radius 3 is 2.58 bits per heavy atom. The van der Waals surface area contributed by atoms with Crippen molar-refractivity contribution in [2.24, 2.45) is 11.1 Å². The smallest absolute Gasteiger partial charge is 0.225 e. The number of carbonyl (C=O) groups excluding carboxylic acids is 1. The van der Waals surface area contributed by atoms with E-state index in [0.717, 1.165) is 0 Å². The van der Waals surface area contributed by atoms with Gasteiger partial charge in [0, 0.05) is 18.2 Å². The quantitative estimate of drug-likeness (QED) is 0.889. The van der Waals surface area contributed by atoms with E-state index < -0.39 is 0 Å². The van der Waals surface area contributed by atoms with Crippen molar-refractivity contribution in [2.75, 3.05) is 5.32 Å². The fourth-order valence-corrected chi connectivity index (χ4v) is 1.83. The number of nitrogens with one attached hydrogen (secondary N) is 1. The normalized spacial score (nSPS) is 13.2. The zero-order valence-corrected chi connectivity index (χ0v) is 13.3. The molecule has 0 bridgehead atoms. The largest absolute Gasteiger partial charge is 0.327 e. The summed E-state index contributed by atoms with van der Waals surface area (Å²) in [4.78, 5) is 11.9. The van der Waals surface area contributed by atoms with Crippen LogP contribution in [0.25, 0.3) is 0 Å². The van der Waals surface area contributed by atoms with E-state index in [1.807, 2.05) is 20.8 Å². The highest BCUT2D eigenvalue weighted by Gasteiger charge is 2.23. The van der Waals surface area contributed by atoms with Crippen LogP contribution in [-0.2, 0) is 4.79 Å². The first-order valence-corrected chi connectivity index (χ1v) is 6.91. The molecule has 3 nitrogen and oxygen atoms in total. The number of aryl methyl sites for hydroxylation is 1. The molecule has 0 fully saturated rings. The van der Waals surface area contributed by atoms with E-state index in [0.29, 0.717) is 15.7 Å². The van der Waals surface area contributed by atoms with Crippen molar-refractivity contribution in [1.82, 2.24) is 0 Å². The summed E-state index contributed by atoms with van der Waals surface area (Å²) in [6.45, 7) is 7.72. The predicted octanol–water partition coefficient (Wildman–Crippen LogP) is 3.60. The number of anilines is 1. The molecular formula is C14H20BrFN2O. The van der Waals surface area contributed by atoms with Gasteiger partial charge in [0.2, 0.25) is 5.91 Å². The molecule has 1 aromatic carbocycles. The molecule has 0 aliphatic rings. The van der Waals surface area contributed by atoms with Crippen molar-refractivity contribution >= 4 is 27.5 Å². The molecule has 0 spiro atoms. The first kappa shape index (κ1) is 16.1. The van der Waals surface area contributed by atoms with Gasteiger partial charge in [-0.05, 0) is 46.0 Å². The van der Waals surface area contributed by atoms with E-state index >= 15 is 0 Å². The zero-order valence-electron chi connectivity index (χ0n) is 11.7. The number of hydrogen-bond donors (Lipinski definition) is 2. The predicted molar refractivity (Wildman–Crippen MR) is 79.5 cm³/mol. The fourth-order valence-electron chi connectivity index (χ4n) is 1.49. The standard InChI is InChI=1S/C14H20BrFN2O/c1-8-5-10(16)9(15)6-11(8)18-13(19)7-12(17)14(2,3)4/h5-6,12H,7,17H2,1-4H3,(H,18,19). The monoisotopic (exact) mass is 330 g/mol. The number of carbonyl (C=O) groups is 1. The second-order valence-electron chi connectivity index (χ2n) is 5.81. The maximum atomic E-state index is 13.3. The van der Waals surface area contributed by atoms with Gasteiger partial charge in [0.25, 0.3) is 0 Å². The fraction of sp³-hybridized carbons (Fsp3) is 0.500. The molecule has 5 heteroatoms. The van der Waals surface area contributed by atoms with Gasteiger partial charge < -0.3 is 11.1 Å². The summed E-state index contributed by atoms with van der Waals surface area (Å²) >= 11 is 3.10. The third-order valence-electron chi connectivity index (χ3n) is 3.06. The summed E-state index contributed by atoms with van der Waals surface area (Å²) in [6, 6.07) is 2.71. The van der Waals surface area contributed by atoms with E-state index in [4.69, 9.17) is 5.73 Å². The van der Waals surface area contributed by atoms with E-state index in [9.17, 15) is 9.18 Å². The molecule has 0 saturated carbocycles. The summed E-state index contributed by atoms with van der Waals surface area (Å²) in [5.41, 5.74) is 7.11. The SMILES string of the molecule is Cc1cc(F)c(Br)cc1NC(=O)CC(N)C(C)(C)C. The van der Waals surface area contributed by atoms with Crippen LogP contribution < -0.4 is 11.1 Å². The minimum absolute atomic E-state index is 0.129. The molecular weight excluding hydrogens is 311 g/mol. The van der Waals surface area contributed by atoms with Crippen molar-refractivity contribution in [1.29, 1.82) is 0 Å². The maximum absolute atomic E-state index is 13.3. The molecule has 1 unspecified atom stereocenters. The Bertz CT molecular complexity index is 483. The number of halogens is 2. The summed E-state index contributed by atoms with van der Waals surface area (Å²) in [5.74, 6) is -0.508. The number of rotatable bonds is 3. The number of nitrogens with two attached hydrogens (primary N) is 1. The van der Waals surface area contributed by atoms with E-state index in [1.165, 1.54) is 6.07 Å². The second kappa shape index (κ2) is 6.01. The van der Waals surface area contributed by atoms with Crippen LogP contribution in [0.2, 0.25) is 0 Å². The van der Waals surface area contributed by atoms with Gasteiger partial charge >= 0.3 is 0 Å². The van der Waals surface area contributed by atoms with Crippen LogP contribution in [0.3, 0.4) is 0 Å². The average Bonchev–Trinajstić information content (AvgIpc) is 2.24. The van der Waals surface area contributed by atoms with Crippen LogP contribution in [0, 0.1) is 18.2 Å². The van der Waals surface area contributed by atoms with Gasteiger partial charge in [-0.3, -0.25) is 4.79 Å². The summed E-state index contributed by atoms with van der Waals surface area (Å²) in [6.07, 6.45) is 0.234. The highest BCUT2D eigenvalue weighted by Crippen LogP contribution is 2.25. The Hall–Kier alpha value is -0.940. The molecule has 0 aliphatic heterocycles. The number of hydrogen-bond acceptors (Lipinski definition) is 2. The van der Waals surface area contributed by atoms with Crippen molar-refractivity contribution in [2.45, 2.75) is 40.2 Å². The lowest BCUT2D eigenvalue weighted by atomic mass is 9.85. The Balaban J connectivity index is 2.76. The van der Waals surface area contributed by atoms with Crippen molar-refractivity contribution < 1.29 is 9.18 Å². The minimum atomic E-state index is -0.345. The van der Waals surface area contributed by atoms with Crippen LogP contribution in [0.1, 0.15) is 32.8 Å². The molecule has 0 aromatic heterocycles. The lowest BCUT2D eigenvalue weighted by molar-refractivity contribution is -0.117. The van der Waals surface area contributed by atoms with Gasteiger partial charge in [0.1, 0.15) is 5.82 Å². The van der Waals surface area contributed by atoms with E-state index in [-0.39, 0.29) is 29.6 Å². The molecule has 1 atom stereocenters. The van der Waals surface area contributed by atoms with Gasteiger partial charge in [-0.2, -0.15) is 0 Å². The third-order valence-corrected chi connectivity index (χ3v) is 3.67. The van der Waals surface area contributed by atoms with E-state index in [2.05, 4.69) is 21.2 Å². The van der Waals surface area contributed by atoms with Crippen molar-refractivity contribution in [3.63, 3.8) is 0 Å². The Kier molecular flexibility index (Phi) is 5.10. The number of benzene rings is 1. The average molecular weight is 331 g/mol. The first-order valence-electron chi connectivity index (χ1n) is 6.12. The summed E-state index contributed by atoms with van der Waals surface area (Å²) in [7, 11) is 0. The Morgan fingerprint density at radius 1 is 1.47 bits per heavy atom. The molecule has 0 saturated heterocycles. The molecule has 0 radical (unpaired) electrons. The third kappa shape index (κ3) is 4.58. The lowest BCUT2D eigenvalue weighted by Crippen LogP contribution is -2.38. The molecule has 1 rings (SSSR count). The summed E-state index contributed by atoms with van der Waals surface area (Å²) in [5, 5.41) is 2.77. The van der Waals surface area contributed by atoms with Gasteiger partial charge in [-0.1, -0.05) is 20.8 Å². The Labute approximate surface area is 121 Å². The molecule has 106 valence electrons. The van der Waals surface area contributed by atoms with Gasteiger partial charge in [-0.25, -0.2) is 4.39 Å². The van der Waals surface area contributed by atoms with Crippen LogP contribution in [0.15, 0.2) is 16.6 Å². The zero-order chi connectivity index (χ0) is 14.8. The highest BCUT2D eigenvalue weighted by atomic mass is 79.9.